The number of methoxy groups -OCH3 is 1. The number of hydrogen-bond donors (Lipinski definition) is 1. The molecule has 0 saturated heterocycles. The summed E-state index contributed by atoms with van der Waals surface area (Å²) in [6, 6.07) is 4.41. The fourth-order valence-electron chi connectivity index (χ4n) is 1.40. The average molecular weight is 234 g/mol. The van der Waals surface area contributed by atoms with Gasteiger partial charge in [-0.1, -0.05) is 13.3 Å². The van der Waals surface area contributed by atoms with Crippen molar-refractivity contribution in [3.05, 3.63) is 29.6 Å². The number of ether oxygens (including phenoxy) is 1. The maximum atomic E-state index is 13.3. The number of nitrogens with two attached hydrogens (primary N) is 1. The topological polar surface area (TPSA) is 35.2 Å². The van der Waals surface area contributed by atoms with Crippen LogP contribution in [0, 0.1) is 5.82 Å². The monoisotopic (exact) mass is 233 g/mol. The first-order valence-corrected chi connectivity index (χ1v) is 4.78. The summed E-state index contributed by atoms with van der Waals surface area (Å²) >= 11 is 0. The molecular weight excluding hydrogens is 217 g/mol. The van der Waals surface area contributed by atoms with Gasteiger partial charge in [0.15, 0.2) is 0 Å². The molecule has 0 radical (unpaired) electrons. The summed E-state index contributed by atoms with van der Waals surface area (Å²) in [6.07, 6.45) is 1.72. The molecule has 0 saturated carbocycles. The highest BCUT2D eigenvalue weighted by molar-refractivity contribution is 5.85. The van der Waals surface area contributed by atoms with E-state index in [9.17, 15) is 4.39 Å². The number of rotatable bonds is 4. The third-order valence-electron chi connectivity index (χ3n) is 2.20. The zero-order valence-electron chi connectivity index (χ0n) is 9.00. The molecule has 1 rings (SSSR count). The van der Waals surface area contributed by atoms with Crippen LogP contribution in [0.4, 0.5) is 4.39 Å². The second kappa shape index (κ2) is 6.64. The van der Waals surface area contributed by atoms with Crippen LogP contribution in [-0.2, 0) is 0 Å². The summed E-state index contributed by atoms with van der Waals surface area (Å²) in [5, 5.41) is 0. The van der Waals surface area contributed by atoms with E-state index in [0.717, 1.165) is 12.8 Å². The van der Waals surface area contributed by atoms with E-state index in [2.05, 4.69) is 0 Å². The van der Waals surface area contributed by atoms with Crippen molar-refractivity contribution in [3.8, 4) is 5.75 Å². The molecule has 1 atom stereocenters. The highest BCUT2D eigenvalue weighted by Crippen LogP contribution is 2.23. The van der Waals surface area contributed by atoms with E-state index in [0.29, 0.717) is 11.3 Å². The van der Waals surface area contributed by atoms with Gasteiger partial charge >= 0.3 is 0 Å². The van der Waals surface area contributed by atoms with Crippen molar-refractivity contribution in [1.82, 2.24) is 0 Å². The van der Waals surface area contributed by atoms with Crippen LogP contribution < -0.4 is 10.5 Å². The van der Waals surface area contributed by atoms with Crippen LogP contribution in [0.25, 0.3) is 0 Å². The van der Waals surface area contributed by atoms with Gasteiger partial charge in [-0.3, -0.25) is 0 Å². The lowest BCUT2D eigenvalue weighted by Crippen LogP contribution is -2.11. The van der Waals surface area contributed by atoms with Crippen LogP contribution in [0.15, 0.2) is 18.2 Å². The normalized spacial score (nSPS) is 11.7. The van der Waals surface area contributed by atoms with E-state index in [-0.39, 0.29) is 24.3 Å². The first-order chi connectivity index (χ1) is 6.69. The molecule has 0 aliphatic heterocycles. The molecule has 2 nitrogen and oxygen atoms in total. The lowest BCUT2D eigenvalue weighted by molar-refractivity contribution is 0.411. The molecule has 1 aromatic carbocycles. The Morgan fingerprint density at radius 1 is 1.47 bits per heavy atom. The Morgan fingerprint density at radius 2 is 2.13 bits per heavy atom. The number of hydrogen-bond acceptors (Lipinski definition) is 2. The summed E-state index contributed by atoms with van der Waals surface area (Å²) in [5.74, 6) is 0.389. The Balaban J connectivity index is 0.00000196. The molecular formula is C11H17ClFNO. The first-order valence-electron chi connectivity index (χ1n) is 4.78. The smallest absolute Gasteiger partial charge is 0.128 e. The van der Waals surface area contributed by atoms with Crippen LogP contribution in [0.3, 0.4) is 0 Å². The zero-order valence-corrected chi connectivity index (χ0v) is 9.81. The molecule has 86 valence electrons. The Kier molecular flexibility index (Phi) is 6.29. The van der Waals surface area contributed by atoms with Crippen LogP contribution in [-0.4, -0.2) is 7.11 Å². The molecule has 0 aromatic heterocycles. The second-order valence-corrected chi connectivity index (χ2v) is 3.28. The zero-order chi connectivity index (χ0) is 10.6. The molecule has 0 aliphatic carbocycles. The third-order valence-corrected chi connectivity index (χ3v) is 2.20. The summed E-state index contributed by atoms with van der Waals surface area (Å²) < 4.78 is 18.4. The molecule has 15 heavy (non-hydrogen) atoms. The van der Waals surface area contributed by atoms with E-state index < -0.39 is 0 Å². The van der Waals surface area contributed by atoms with E-state index >= 15 is 0 Å². The Labute approximate surface area is 96.0 Å². The molecule has 2 N–H and O–H groups in total. The molecule has 0 heterocycles. The maximum absolute atomic E-state index is 13.3. The quantitative estimate of drug-likeness (QED) is 0.868. The average Bonchev–Trinajstić information content (AvgIpc) is 2.19. The van der Waals surface area contributed by atoms with Gasteiger partial charge in [-0.2, -0.15) is 0 Å². The molecule has 0 unspecified atom stereocenters. The fourth-order valence-corrected chi connectivity index (χ4v) is 1.40. The predicted molar refractivity (Wildman–Crippen MR) is 62.0 cm³/mol. The van der Waals surface area contributed by atoms with Crippen molar-refractivity contribution in [3.63, 3.8) is 0 Å². The van der Waals surface area contributed by atoms with E-state index in [1.54, 1.807) is 19.2 Å². The number of halogens is 2. The van der Waals surface area contributed by atoms with E-state index in [1.807, 2.05) is 6.92 Å². The van der Waals surface area contributed by atoms with Crippen molar-refractivity contribution in [1.29, 1.82) is 0 Å². The fraction of sp³-hybridized carbons (Fsp3) is 0.455. The molecule has 4 heteroatoms. The van der Waals surface area contributed by atoms with Gasteiger partial charge in [-0.05, 0) is 24.6 Å². The molecule has 0 bridgehead atoms. The van der Waals surface area contributed by atoms with Crippen molar-refractivity contribution < 1.29 is 9.13 Å². The van der Waals surface area contributed by atoms with Crippen molar-refractivity contribution in [2.75, 3.05) is 7.11 Å². The number of benzene rings is 1. The molecule has 0 fully saturated rings. The minimum Gasteiger partial charge on any atom is -0.497 e. The minimum atomic E-state index is -0.258. The summed E-state index contributed by atoms with van der Waals surface area (Å²) in [6.45, 7) is 2.03. The van der Waals surface area contributed by atoms with Crippen LogP contribution in [0.2, 0.25) is 0 Å². The van der Waals surface area contributed by atoms with Gasteiger partial charge in [-0.25, -0.2) is 4.39 Å². The lowest BCUT2D eigenvalue weighted by Gasteiger charge is -2.12. The van der Waals surface area contributed by atoms with Gasteiger partial charge in [0.25, 0.3) is 0 Å². The molecule has 0 aliphatic rings. The van der Waals surface area contributed by atoms with Crippen molar-refractivity contribution in [2.45, 2.75) is 25.8 Å². The molecule has 0 amide bonds. The summed E-state index contributed by atoms with van der Waals surface area (Å²) in [7, 11) is 1.56. The highest BCUT2D eigenvalue weighted by atomic mass is 35.5. The Bertz CT molecular complexity index is 307. The Morgan fingerprint density at radius 3 is 2.67 bits per heavy atom. The van der Waals surface area contributed by atoms with Gasteiger partial charge in [0, 0.05) is 11.6 Å². The van der Waals surface area contributed by atoms with Gasteiger partial charge in [0.2, 0.25) is 0 Å². The standard InChI is InChI=1S/C11H16FNO.ClH/c1-3-4-11(13)9-7-8(14-2)5-6-10(9)12;/h5-7,11H,3-4,13H2,1-2H3;1H/t11-;/m1./s1. The van der Waals surface area contributed by atoms with E-state index in [1.165, 1.54) is 6.07 Å². The van der Waals surface area contributed by atoms with Gasteiger partial charge in [0.05, 0.1) is 7.11 Å². The minimum absolute atomic E-state index is 0. The highest BCUT2D eigenvalue weighted by Gasteiger charge is 2.11. The Hall–Kier alpha value is -0.800. The van der Waals surface area contributed by atoms with Gasteiger partial charge in [0.1, 0.15) is 11.6 Å². The SMILES string of the molecule is CCC[C@@H](N)c1cc(OC)ccc1F.Cl. The van der Waals surface area contributed by atoms with E-state index in [4.69, 9.17) is 10.5 Å². The summed E-state index contributed by atoms with van der Waals surface area (Å²) in [5.41, 5.74) is 6.37. The van der Waals surface area contributed by atoms with Crippen molar-refractivity contribution >= 4 is 12.4 Å². The predicted octanol–water partition coefficient (Wildman–Crippen LogP) is 3.06. The first kappa shape index (κ1) is 14.2. The maximum Gasteiger partial charge on any atom is 0.128 e. The third kappa shape index (κ3) is 3.68. The second-order valence-electron chi connectivity index (χ2n) is 3.28. The van der Waals surface area contributed by atoms with Crippen molar-refractivity contribution in [2.24, 2.45) is 5.73 Å². The lowest BCUT2D eigenvalue weighted by atomic mass is 10.0. The molecule has 0 spiro atoms. The van der Waals surface area contributed by atoms with Crippen LogP contribution in [0.5, 0.6) is 5.75 Å². The van der Waals surface area contributed by atoms with Gasteiger partial charge < -0.3 is 10.5 Å². The summed E-state index contributed by atoms with van der Waals surface area (Å²) in [4.78, 5) is 0. The van der Waals surface area contributed by atoms with Gasteiger partial charge in [-0.15, -0.1) is 12.4 Å². The van der Waals surface area contributed by atoms with Crippen LogP contribution in [0.1, 0.15) is 31.4 Å². The van der Waals surface area contributed by atoms with Crippen LogP contribution >= 0.6 is 12.4 Å². The largest absolute Gasteiger partial charge is 0.497 e. The molecule has 1 aromatic rings.